The fourth-order valence-corrected chi connectivity index (χ4v) is 5.09. The van der Waals surface area contributed by atoms with Crippen LogP contribution in [0.2, 0.25) is 0 Å². The number of rotatable bonds is 3. The fraction of sp³-hybridized carbons (Fsp3) is 0.579. The fourth-order valence-electron chi connectivity index (χ4n) is 4.13. The van der Waals surface area contributed by atoms with Crippen molar-refractivity contribution >= 4 is 17.6 Å². The molecule has 0 bridgehead atoms. The Morgan fingerprint density at radius 3 is 2.85 bits per heavy atom. The number of thioether (sulfide) groups is 1. The van der Waals surface area contributed by atoms with Crippen LogP contribution < -0.4 is 10.5 Å². The highest BCUT2D eigenvalue weighted by atomic mass is 32.2. The first-order chi connectivity index (χ1) is 12.8. The second-order valence-electron chi connectivity index (χ2n) is 7.59. The maximum atomic E-state index is 12.3. The molecule has 1 fully saturated rings. The van der Waals surface area contributed by atoms with Gasteiger partial charge in [-0.1, -0.05) is 0 Å². The Morgan fingerprint density at radius 2 is 1.92 bits per heavy atom. The lowest BCUT2D eigenvalue weighted by Gasteiger charge is -2.40. The van der Waals surface area contributed by atoms with Crippen molar-refractivity contribution in [3.8, 4) is 0 Å². The van der Waals surface area contributed by atoms with Crippen molar-refractivity contribution in [2.75, 3.05) is 23.7 Å². The lowest BCUT2D eigenvalue weighted by Crippen LogP contribution is -2.50. The zero-order valence-corrected chi connectivity index (χ0v) is 15.7. The molecule has 0 spiro atoms. The Hall–Kier alpha value is -1.89. The molecule has 1 saturated heterocycles. The summed E-state index contributed by atoms with van der Waals surface area (Å²) in [6.07, 6.45) is 5.41. The van der Waals surface area contributed by atoms with E-state index in [0.717, 1.165) is 66.6 Å². The SMILES string of the molecule is O=c1cc2c(nn1CC1CN(c3cc4c(nn3)CCSC4)C1)CCCC2. The molecule has 0 saturated carbocycles. The van der Waals surface area contributed by atoms with Crippen molar-refractivity contribution in [2.45, 2.75) is 44.4 Å². The highest BCUT2D eigenvalue weighted by Crippen LogP contribution is 2.28. The quantitative estimate of drug-likeness (QED) is 0.823. The van der Waals surface area contributed by atoms with Crippen LogP contribution in [0.4, 0.5) is 5.82 Å². The van der Waals surface area contributed by atoms with Crippen molar-refractivity contribution in [1.82, 2.24) is 20.0 Å². The smallest absolute Gasteiger partial charge is 0.267 e. The average Bonchev–Trinajstić information content (AvgIpc) is 2.64. The second-order valence-corrected chi connectivity index (χ2v) is 8.70. The van der Waals surface area contributed by atoms with E-state index >= 15 is 0 Å². The first kappa shape index (κ1) is 16.3. The van der Waals surface area contributed by atoms with Crippen molar-refractivity contribution in [3.63, 3.8) is 0 Å². The van der Waals surface area contributed by atoms with E-state index in [-0.39, 0.29) is 5.56 Å². The van der Waals surface area contributed by atoms with Crippen LogP contribution in [0, 0.1) is 5.92 Å². The van der Waals surface area contributed by atoms with Crippen molar-refractivity contribution < 1.29 is 0 Å². The Labute approximate surface area is 157 Å². The molecule has 0 aromatic carbocycles. The molecular formula is C19H23N5OS. The molecule has 26 heavy (non-hydrogen) atoms. The summed E-state index contributed by atoms with van der Waals surface area (Å²) in [5.41, 5.74) is 4.84. The van der Waals surface area contributed by atoms with Crippen molar-refractivity contribution in [2.24, 2.45) is 5.92 Å². The van der Waals surface area contributed by atoms with Gasteiger partial charge in [0.1, 0.15) is 0 Å². The molecule has 2 aliphatic heterocycles. The van der Waals surface area contributed by atoms with Gasteiger partial charge in [-0.25, -0.2) is 4.68 Å². The third kappa shape index (κ3) is 3.02. The molecule has 7 heteroatoms. The van der Waals surface area contributed by atoms with E-state index in [0.29, 0.717) is 12.5 Å². The molecule has 0 unspecified atom stereocenters. The lowest BCUT2D eigenvalue weighted by molar-refractivity contribution is 0.329. The predicted molar refractivity (Wildman–Crippen MR) is 103 cm³/mol. The molecule has 5 rings (SSSR count). The van der Waals surface area contributed by atoms with Gasteiger partial charge in [0.25, 0.3) is 5.56 Å². The largest absolute Gasteiger partial charge is 0.354 e. The Kier molecular flexibility index (Phi) is 4.19. The van der Waals surface area contributed by atoms with Gasteiger partial charge in [-0.15, -0.1) is 5.10 Å². The molecule has 2 aromatic heterocycles. The summed E-state index contributed by atoms with van der Waals surface area (Å²) in [6.45, 7) is 2.55. The van der Waals surface area contributed by atoms with Crippen LogP contribution >= 0.6 is 11.8 Å². The van der Waals surface area contributed by atoms with E-state index in [1.807, 2.05) is 17.8 Å². The predicted octanol–water partition coefficient (Wildman–Crippen LogP) is 1.84. The number of aromatic nitrogens is 4. The minimum absolute atomic E-state index is 0.0506. The minimum atomic E-state index is 0.0506. The summed E-state index contributed by atoms with van der Waals surface area (Å²) in [6, 6.07) is 4.01. The number of anilines is 1. The maximum Gasteiger partial charge on any atom is 0.267 e. The second kappa shape index (κ2) is 6.68. The van der Waals surface area contributed by atoms with E-state index in [1.165, 1.54) is 18.4 Å². The molecule has 6 nitrogen and oxygen atoms in total. The van der Waals surface area contributed by atoms with E-state index in [1.54, 1.807) is 4.68 Å². The summed E-state index contributed by atoms with van der Waals surface area (Å²) in [7, 11) is 0. The van der Waals surface area contributed by atoms with Gasteiger partial charge in [-0.3, -0.25) is 4.79 Å². The van der Waals surface area contributed by atoms with Gasteiger partial charge in [0, 0.05) is 37.2 Å². The Morgan fingerprint density at radius 1 is 1.04 bits per heavy atom. The zero-order chi connectivity index (χ0) is 17.5. The highest BCUT2D eigenvalue weighted by Gasteiger charge is 2.30. The van der Waals surface area contributed by atoms with E-state index < -0.39 is 0 Å². The molecule has 4 heterocycles. The number of nitrogens with zero attached hydrogens (tertiary/aromatic N) is 5. The summed E-state index contributed by atoms with van der Waals surface area (Å²) < 4.78 is 1.68. The maximum absolute atomic E-state index is 12.3. The van der Waals surface area contributed by atoms with Crippen LogP contribution in [0.3, 0.4) is 0 Å². The van der Waals surface area contributed by atoms with Crippen molar-refractivity contribution in [1.29, 1.82) is 0 Å². The van der Waals surface area contributed by atoms with Crippen LogP contribution in [0.5, 0.6) is 0 Å². The van der Waals surface area contributed by atoms with Gasteiger partial charge in [-0.05, 0) is 48.6 Å². The summed E-state index contributed by atoms with van der Waals surface area (Å²) in [5, 5.41) is 13.5. The molecule has 136 valence electrons. The number of aryl methyl sites for hydroxylation is 3. The monoisotopic (exact) mass is 369 g/mol. The average molecular weight is 369 g/mol. The summed E-state index contributed by atoms with van der Waals surface area (Å²) in [5.74, 6) is 3.63. The molecule has 0 radical (unpaired) electrons. The van der Waals surface area contributed by atoms with Crippen LogP contribution in [0.1, 0.15) is 35.4 Å². The number of fused-ring (bicyclic) bond motifs is 2. The van der Waals surface area contributed by atoms with Crippen LogP contribution in [0.15, 0.2) is 16.9 Å². The summed E-state index contributed by atoms with van der Waals surface area (Å²) in [4.78, 5) is 14.6. The van der Waals surface area contributed by atoms with Gasteiger partial charge in [-0.2, -0.15) is 22.0 Å². The first-order valence-corrected chi connectivity index (χ1v) is 10.7. The van der Waals surface area contributed by atoms with Crippen LogP contribution in [0.25, 0.3) is 0 Å². The van der Waals surface area contributed by atoms with Gasteiger partial charge < -0.3 is 4.90 Å². The summed E-state index contributed by atoms with van der Waals surface area (Å²) >= 11 is 1.97. The topological polar surface area (TPSA) is 63.9 Å². The van der Waals surface area contributed by atoms with E-state index in [4.69, 9.17) is 0 Å². The molecule has 2 aromatic rings. The van der Waals surface area contributed by atoms with E-state index in [9.17, 15) is 4.79 Å². The molecule has 0 N–H and O–H groups in total. The minimum Gasteiger partial charge on any atom is -0.354 e. The highest BCUT2D eigenvalue weighted by molar-refractivity contribution is 7.98. The zero-order valence-electron chi connectivity index (χ0n) is 14.9. The molecule has 0 atom stereocenters. The van der Waals surface area contributed by atoms with Crippen LogP contribution in [-0.2, 0) is 31.6 Å². The van der Waals surface area contributed by atoms with Gasteiger partial charge in [0.15, 0.2) is 5.82 Å². The third-order valence-corrected chi connectivity index (χ3v) is 6.68. The number of hydrogen-bond acceptors (Lipinski definition) is 6. The van der Waals surface area contributed by atoms with Crippen LogP contribution in [-0.4, -0.2) is 38.8 Å². The first-order valence-electron chi connectivity index (χ1n) is 9.54. The van der Waals surface area contributed by atoms with E-state index in [2.05, 4.69) is 26.3 Å². The van der Waals surface area contributed by atoms with Gasteiger partial charge in [0.05, 0.1) is 17.9 Å². The Balaban J connectivity index is 1.26. The normalized spacial score (nSPS) is 19.6. The van der Waals surface area contributed by atoms with Gasteiger partial charge in [0.2, 0.25) is 0 Å². The molecular weight excluding hydrogens is 346 g/mol. The number of hydrogen-bond donors (Lipinski definition) is 0. The standard InChI is InChI=1S/C19H23N5OS/c25-19-8-14-3-1-2-4-17(14)22-24(19)11-13-9-23(10-13)18-7-15-12-26-6-5-16(15)20-21-18/h7-8,13H,1-6,9-12H2. The molecule has 3 aliphatic rings. The van der Waals surface area contributed by atoms with Crippen molar-refractivity contribution in [3.05, 3.63) is 45.0 Å². The van der Waals surface area contributed by atoms with Gasteiger partial charge >= 0.3 is 0 Å². The molecule has 1 aliphatic carbocycles. The third-order valence-electron chi connectivity index (χ3n) is 5.67. The Bertz CT molecular complexity index is 890. The lowest BCUT2D eigenvalue weighted by atomic mass is 9.96. The molecule has 0 amide bonds.